The van der Waals surface area contributed by atoms with Crippen LogP contribution in [0.15, 0.2) is 24.3 Å². The zero-order valence-electron chi connectivity index (χ0n) is 12.8. The van der Waals surface area contributed by atoms with E-state index in [1.54, 1.807) is 0 Å². The highest BCUT2D eigenvalue weighted by Crippen LogP contribution is 2.26. The molecule has 1 aromatic carbocycles. The molecular formula is C16H24N4O. The van der Waals surface area contributed by atoms with E-state index < -0.39 is 0 Å². The van der Waals surface area contributed by atoms with Gasteiger partial charge in [-0.3, -0.25) is 9.69 Å². The molecule has 1 aromatic rings. The minimum Gasteiger partial charge on any atom is -0.381 e. The molecule has 21 heavy (non-hydrogen) atoms. The van der Waals surface area contributed by atoms with Crippen molar-refractivity contribution in [2.24, 2.45) is 0 Å². The van der Waals surface area contributed by atoms with Crippen molar-refractivity contribution in [1.82, 2.24) is 9.80 Å². The van der Waals surface area contributed by atoms with E-state index in [1.807, 2.05) is 29.2 Å². The number of hydrogen-bond acceptors (Lipinski definition) is 4. The molecule has 0 radical (unpaired) electrons. The number of para-hydroxylation sites is 2. The van der Waals surface area contributed by atoms with Crippen LogP contribution in [0.5, 0.6) is 0 Å². The highest BCUT2D eigenvalue weighted by Gasteiger charge is 2.32. The molecule has 1 saturated heterocycles. The van der Waals surface area contributed by atoms with Crippen molar-refractivity contribution in [3.8, 4) is 0 Å². The van der Waals surface area contributed by atoms with Gasteiger partial charge in [0, 0.05) is 32.2 Å². The Morgan fingerprint density at radius 1 is 1.29 bits per heavy atom. The summed E-state index contributed by atoms with van der Waals surface area (Å²) in [5, 5.41) is 6.72. The number of amides is 1. The van der Waals surface area contributed by atoms with Crippen LogP contribution in [0, 0.1) is 0 Å². The molecule has 1 fully saturated rings. The molecule has 2 N–H and O–H groups in total. The average molecular weight is 288 g/mol. The van der Waals surface area contributed by atoms with Crippen LogP contribution >= 0.6 is 0 Å². The first-order valence-corrected chi connectivity index (χ1v) is 7.77. The van der Waals surface area contributed by atoms with Gasteiger partial charge >= 0.3 is 0 Å². The fraction of sp³-hybridized carbons (Fsp3) is 0.562. The van der Waals surface area contributed by atoms with E-state index in [0.717, 1.165) is 37.4 Å². The largest absolute Gasteiger partial charge is 0.381 e. The predicted molar refractivity (Wildman–Crippen MR) is 85.6 cm³/mol. The number of benzene rings is 1. The van der Waals surface area contributed by atoms with Crippen molar-refractivity contribution in [3.63, 3.8) is 0 Å². The molecule has 0 spiro atoms. The molecular weight excluding hydrogens is 264 g/mol. The van der Waals surface area contributed by atoms with Gasteiger partial charge in [0.25, 0.3) is 0 Å². The van der Waals surface area contributed by atoms with Crippen molar-refractivity contribution in [1.29, 1.82) is 0 Å². The lowest BCUT2D eigenvalue weighted by atomic mass is 10.1. The SMILES string of the molecule is CCC1CN(C(=O)C2CNc3ccccc3N2)CCN1C. The molecule has 2 atom stereocenters. The molecule has 5 nitrogen and oxygen atoms in total. The third-order valence-electron chi connectivity index (χ3n) is 4.61. The number of piperazine rings is 1. The van der Waals surface area contributed by atoms with Crippen molar-refractivity contribution in [2.45, 2.75) is 25.4 Å². The van der Waals surface area contributed by atoms with E-state index in [2.05, 4.69) is 29.5 Å². The van der Waals surface area contributed by atoms with Crippen LogP contribution in [0.4, 0.5) is 11.4 Å². The summed E-state index contributed by atoms with van der Waals surface area (Å²) in [5.74, 6) is 0.212. The Kier molecular flexibility index (Phi) is 4.01. The molecule has 0 bridgehead atoms. The topological polar surface area (TPSA) is 47.6 Å². The third-order valence-corrected chi connectivity index (χ3v) is 4.61. The quantitative estimate of drug-likeness (QED) is 0.864. The van der Waals surface area contributed by atoms with E-state index in [0.29, 0.717) is 12.6 Å². The molecule has 3 rings (SSSR count). The zero-order chi connectivity index (χ0) is 14.8. The molecule has 2 aliphatic heterocycles. The second kappa shape index (κ2) is 5.93. The van der Waals surface area contributed by atoms with Crippen molar-refractivity contribution in [2.75, 3.05) is 43.9 Å². The summed E-state index contributed by atoms with van der Waals surface area (Å²) < 4.78 is 0. The summed E-state index contributed by atoms with van der Waals surface area (Å²) in [6.07, 6.45) is 1.08. The van der Waals surface area contributed by atoms with Crippen molar-refractivity contribution >= 4 is 17.3 Å². The monoisotopic (exact) mass is 288 g/mol. The minimum absolute atomic E-state index is 0.166. The summed E-state index contributed by atoms with van der Waals surface area (Å²) in [6.45, 7) is 5.46. The Labute approximate surface area is 126 Å². The van der Waals surface area contributed by atoms with E-state index in [-0.39, 0.29) is 11.9 Å². The summed E-state index contributed by atoms with van der Waals surface area (Å²) >= 11 is 0. The van der Waals surface area contributed by atoms with E-state index >= 15 is 0 Å². The number of rotatable bonds is 2. The molecule has 0 aliphatic carbocycles. The minimum atomic E-state index is -0.166. The fourth-order valence-electron chi connectivity index (χ4n) is 3.17. The van der Waals surface area contributed by atoms with Gasteiger partial charge in [-0.15, -0.1) is 0 Å². The fourth-order valence-corrected chi connectivity index (χ4v) is 3.17. The standard InChI is InChI=1S/C16H24N4O/c1-3-12-11-20(9-8-19(12)2)16(21)15-10-17-13-6-4-5-7-14(13)18-15/h4-7,12,15,17-18H,3,8-11H2,1-2H3. The summed E-state index contributed by atoms with van der Waals surface area (Å²) in [4.78, 5) is 17.1. The van der Waals surface area contributed by atoms with Crippen molar-refractivity contribution in [3.05, 3.63) is 24.3 Å². The maximum atomic E-state index is 12.7. The van der Waals surface area contributed by atoms with Gasteiger partial charge in [-0.05, 0) is 25.6 Å². The first-order chi connectivity index (χ1) is 10.2. The van der Waals surface area contributed by atoms with Gasteiger partial charge in [-0.2, -0.15) is 0 Å². The van der Waals surface area contributed by atoms with Gasteiger partial charge in [0.05, 0.1) is 11.4 Å². The number of carbonyl (C=O) groups is 1. The van der Waals surface area contributed by atoms with Gasteiger partial charge < -0.3 is 15.5 Å². The van der Waals surface area contributed by atoms with Gasteiger partial charge in [-0.25, -0.2) is 0 Å². The van der Waals surface area contributed by atoms with E-state index in [1.165, 1.54) is 0 Å². The number of nitrogens with one attached hydrogen (secondary N) is 2. The van der Waals surface area contributed by atoms with E-state index in [4.69, 9.17) is 0 Å². The lowest BCUT2D eigenvalue weighted by Gasteiger charge is -2.41. The Bertz CT molecular complexity index is 519. The van der Waals surface area contributed by atoms with Gasteiger partial charge in [-0.1, -0.05) is 19.1 Å². The van der Waals surface area contributed by atoms with Crippen LogP contribution in [-0.2, 0) is 4.79 Å². The Hall–Kier alpha value is -1.75. The number of nitrogens with zero attached hydrogens (tertiary/aromatic N) is 2. The number of likely N-dealkylation sites (N-methyl/N-ethyl adjacent to an activating group) is 1. The number of fused-ring (bicyclic) bond motifs is 1. The van der Waals surface area contributed by atoms with Gasteiger partial charge in [0.2, 0.25) is 5.91 Å². The zero-order valence-corrected chi connectivity index (χ0v) is 12.8. The average Bonchev–Trinajstić information content (AvgIpc) is 2.54. The number of hydrogen-bond donors (Lipinski definition) is 2. The van der Waals surface area contributed by atoms with Crippen LogP contribution in [0.25, 0.3) is 0 Å². The molecule has 2 unspecified atom stereocenters. The summed E-state index contributed by atoms with van der Waals surface area (Å²) in [5.41, 5.74) is 2.09. The van der Waals surface area contributed by atoms with Crippen molar-refractivity contribution < 1.29 is 4.79 Å². The second-order valence-electron chi connectivity index (χ2n) is 5.95. The van der Waals surface area contributed by atoms with Crippen LogP contribution in [0.3, 0.4) is 0 Å². The Morgan fingerprint density at radius 2 is 2.05 bits per heavy atom. The van der Waals surface area contributed by atoms with Crippen LogP contribution in [0.1, 0.15) is 13.3 Å². The maximum Gasteiger partial charge on any atom is 0.247 e. The number of anilines is 2. The second-order valence-corrected chi connectivity index (χ2v) is 5.95. The molecule has 114 valence electrons. The van der Waals surface area contributed by atoms with Gasteiger partial charge in [0.15, 0.2) is 0 Å². The first kappa shape index (κ1) is 14.2. The highest BCUT2D eigenvalue weighted by molar-refractivity contribution is 5.88. The first-order valence-electron chi connectivity index (χ1n) is 7.77. The molecule has 0 saturated carbocycles. The summed E-state index contributed by atoms with van der Waals surface area (Å²) in [6, 6.07) is 8.35. The lowest BCUT2D eigenvalue weighted by molar-refractivity contribution is -0.134. The Balaban J connectivity index is 1.67. The third kappa shape index (κ3) is 2.83. The highest BCUT2D eigenvalue weighted by atomic mass is 16.2. The van der Waals surface area contributed by atoms with Gasteiger partial charge in [0.1, 0.15) is 6.04 Å². The molecule has 1 amide bonds. The molecule has 0 aromatic heterocycles. The van der Waals surface area contributed by atoms with Crippen LogP contribution in [0.2, 0.25) is 0 Å². The number of carbonyl (C=O) groups excluding carboxylic acids is 1. The molecule has 2 aliphatic rings. The normalized spacial score (nSPS) is 25.7. The maximum absolute atomic E-state index is 12.7. The Morgan fingerprint density at radius 3 is 2.81 bits per heavy atom. The predicted octanol–water partition coefficient (Wildman–Crippen LogP) is 1.45. The van der Waals surface area contributed by atoms with Crippen LogP contribution < -0.4 is 10.6 Å². The molecule has 2 heterocycles. The lowest BCUT2D eigenvalue weighted by Crippen LogP contribution is -2.57. The van der Waals surface area contributed by atoms with Crippen LogP contribution in [-0.4, -0.2) is 61.0 Å². The van der Waals surface area contributed by atoms with E-state index in [9.17, 15) is 4.79 Å². The summed E-state index contributed by atoms with van der Waals surface area (Å²) in [7, 11) is 2.15. The smallest absolute Gasteiger partial charge is 0.247 e. The molecule has 5 heteroatoms.